The van der Waals surface area contributed by atoms with Crippen molar-refractivity contribution in [1.29, 1.82) is 0 Å². The van der Waals surface area contributed by atoms with Crippen molar-refractivity contribution in [3.63, 3.8) is 0 Å². The maximum absolute atomic E-state index is 14.1. The quantitative estimate of drug-likeness (QED) is 0.0195. The van der Waals surface area contributed by atoms with Gasteiger partial charge in [-0.2, -0.15) is 5.10 Å². The van der Waals surface area contributed by atoms with Crippen LogP contribution in [-0.2, 0) is 45.1 Å². The lowest BCUT2D eigenvalue weighted by Gasteiger charge is -2.69. The Hall–Kier alpha value is -7.80. The van der Waals surface area contributed by atoms with Gasteiger partial charge in [0.2, 0.25) is 11.8 Å². The molecule has 5 aliphatic rings. The van der Waals surface area contributed by atoms with Gasteiger partial charge in [0.1, 0.15) is 36.6 Å². The predicted octanol–water partition coefficient (Wildman–Crippen LogP) is 10.0. The van der Waals surface area contributed by atoms with Crippen LogP contribution in [0.5, 0.6) is 0 Å². The number of carbonyl (C=O) groups is 5. The number of primary amides is 1. The number of urea groups is 1. The van der Waals surface area contributed by atoms with E-state index in [2.05, 4.69) is 69.6 Å². The van der Waals surface area contributed by atoms with Crippen molar-refractivity contribution in [1.82, 2.24) is 51.2 Å². The fourth-order valence-electron chi connectivity index (χ4n) is 15.8. The number of benzene rings is 2. The number of hydrogen-bond donors (Lipinski definition) is 8. The van der Waals surface area contributed by atoms with Gasteiger partial charge in [-0.05, 0) is 170 Å². The van der Waals surface area contributed by atoms with Crippen LogP contribution in [0, 0.1) is 36.0 Å². The van der Waals surface area contributed by atoms with Gasteiger partial charge in [0, 0.05) is 65.4 Å². The molecule has 11 rings (SSSR count). The van der Waals surface area contributed by atoms with E-state index in [-0.39, 0.29) is 46.4 Å². The summed E-state index contributed by atoms with van der Waals surface area (Å²) in [6.07, 6.45) is 9.40. The van der Waals surface area contributed by atoms with Gasteiger partial charge in [0.05, 0.1) is 42.7 Å². The Bertz CT molecular complexity index is 3670. The molecule has 5 heterocycles. The first-order valence-electron chi connectivity index (χ1n) is 31.9. The number of amides is 5. The highest BCUT2D eigenvalue weighted by Crippen LogP contribution is 2.72. The van der Waals surface area contributed by atoms with Gasteiger partial charge in [0.15, 0.2) is 22.5 Å². The van der Waals surface area contributed by atoms with Crippen LogP contribution >= 0.6 is 11.3 Å². The molecule has 4 aromatic heterocycles. The van der Waals surface area contributed by atoms with Crippen molar-refractivity contribution in [3.05, 3.63) is 94.4 Å². The molecule has 4 saturated carbocycles. The summed E-state index contributed by atoms with van der Waals surface area (Å²) in [5.41, 5.74) is 12.0. The highest BCUT2D eigenvalue weighted by atomic mass is 32.1. The summed E-state index contributed by atoms with van der Waals surface area (Å²) in [5, 5.41) is 43.6. The van der Waals surface area contributed by atoms with Gasteiger partial charge >= 0.3 is 18.1 Å². The number of alkyl carbamates (subject to hydrolysis) is 1. The Morgan fingerprint density at radius 2 is 1.64 bits per heavy atom. The molecule has 0 spiro atoms. The Kier molecular flexibility index (Phi) is 18.9. The second-order valence-corrected chi connectivity index (χ2v) is 29.9. The third kappa shape index (κ3) is 15.2. The van der Waals surface area contributed by atoms with Crippen molar-refractivity contribution in [2.24, 2.45) is 27.9 Å². The average molecular weight is 1270 g/mol. The maximum Gasteiger partial charge on any atom is 0.408 e. The van der Waals surface area contributed by atoms with Gasteiger partial charge < -0.3 is 61.6 Å². The number of fused-ring (bicyclic) bond motifs is 2. The number of quaternary nitrogens is 1. The fraction of sp³-hybridized carbons (Fsp3) is 0.552. The van der Waals surface area contributed by atoms with E-state index in [1.807, 2.05) is 80.4 Å². The van der Waals surface area contributed by atoms with Crippen LogP contribution in [-0.4, -0.2) is 140 Å². The van der Waals surface area contributed by atoms with E-state index < -0.39 is 47.6 Å². The molecule has 9 N–H and O–H groups in total. The molecule has 488 valence electrons. The number of nitrogens with zero attached hydrogens (tertiary/aromatic N) is 8. The van der Waals surface area contributed by atoms with Crippen LogP contribution in [0.2, 0.25) is 0 Å². The number of para-hydroxylation sites is 1. The van der Waals surface area contributed by atoms with E-state index >= 15 is 0 Å². The Balaban J connectivity index is 0.797. The summed E-state index contributed by atoms with van der Waals surface area (Å²) >= 11 is 1.56. The molecule has 24 heteroatoms. The highest BCUT2D eigenvalue weighted by molar-refractivity contribution is 7.22. The van der Waals surface area contributed by atoms with Gasteiger partial charge in [-0.25, -0.2) is 24.4 Å². The van der Waals surface area contributed by atoms with Crippen LogP contribution in [0.4, 0.5) is 37.9 Å². The number of nitrogens with one attached hydrogen (secondary N) is 6. The molecule has 2 aromatic carbocycles. The molecule has 23 nitrogen and oxygen atoms in total. The zero-order valence-corrected chi connectivity index (χ0v) is 55.7. The summed E-state index contributed by atoms with van der Waals surface area (Å²) in [6.45, 7) is 21.8. The summed E-state index contributed by atoms with van der Waals surface area (Å²) in [6, 6.07) is 14.9. The van der Waals surface area contributed by atoms with Crippen molar-refractivity contribution in [2.75, 3.05) is 62.9 Å². The van der Waals surface area contributed by atoms with E-state index in [0.717, 1.165) is 107 Å². The van der Waals surface area contributed by atoms with Gasteiger partial charge in [-0.15, -0.1) is 10.2 Å². The first-order valence-corrected chi connectivity index (χ1v) is 32.7. The number of anilines is 5. The zero-order chi connectivity index (χ0) is 65.4. The highest BCUT2D eigenvalue weighted by Gasteiger charge is 2.66. The van der Waals surface area contributed by atoms with Gasteiger partial charge in [-0.3, -0.25) is 14.3 Å². The molecule has 1 aliphatic heterocycles. The van der Waals surface area contributed by atoms with E-state index in [4.69, 9.17) is 35.4 Å². The van der Waals surface area contributed by atoms with E-state index in [0.29, 0.717) is 72.4 Å². The topological polar surface area (TPSA) is 295 Å². The Morgan fingerprint density at radius 3 is 2.33 bits per heavy atom. The van der Waals surface area contributed by atoms with Crippen molar-refractivity contribution < 1.29 is 43.0 Å². The van der Waals surface area contributed by atoms with Crippen molar-refractivity contribution >= 4 is 79.7 Å². The molecule has 4 aliphatic carbocycles. The first-order chi connectivity index (χ1) is 42.9. The number of aromatic nitrogens is 6. The molecule has 6 aromatic rings. The predicted molar refractivity (Wildman–Crippen MR) is 352 cm³/mol. The van der Waals surface area contributed by atoms with Crippen LogP contribution in [0.1, 0.15) is 145 Å². The number of carbonyl (C=O) groups excluding carboxylic acids is 4. The molecular formula is C67H92N15O8S+. The Labute approximate surface area is 537 Å². The number of likely N-dealkylation sites (N-methyl/N-ethyl adjacent to an activating group) is 1. The molecule has 2 unspecified atom stereocenters. The molecule has 6 atom stereocenters. The molecule has 5 amide bonds. The van der Waals surface area contributed by atoms with Gasteiger partial charge in [0.25, 0.3) is 0 Å². The number of pyridine rings is 1. The second kappa shape index (κ2) is 26.1. The van der Waals surface area contributed by atoms with E-state index in [1.165, 1.54) is 0 Å². The van der Waals surface area contributed by atoms with Crippen LogP contribution in [0.3, 0.4) is 0 Å². The Morgan fingerprint density at radius 1 is 0.890 bits per heavy atom. The number of carboxylic acids is 1. The maximum atomic E-state index is 14.1. The SMILES string of the molecule is CNCc1cc(NC(=O)[C@H](CCCNC(N)=O)NC(=O)[C@@H](NC(=O)OC(C)(C)C)C(C)C)ccc1C[N+](C)(C)CCOC12CC3(Cn4ncc(-c5ccc(N6CCCc7c6nnc(Nc6nc8ccccc8s6)c7C)nc5C(=O)O)c4C)C[C@@](C)(C1)C[C@](C)(C3)C2. The lowest BCUT2D eigenvalue weighted by molar-refractivity contribution is -0.904. The first kappa shape index (κ1) is 66.1. The van der Waals surface area contributed by atoms with Crippen LogP contribution < -0.4 is 42.5 Å². The number of thiazole rings is 1. The van der Waals surface area contributed by atoms with Crippen LogP contribution in [0.25, 0.3) is 21.3 Å². The third-order valence-electron chi connectivity index (χ3n) is 18.6. The smallest absolute Gasteiger partial charge is 0.408 e. The molecule has 0 saturated heterocycles. The number of nitrogens with two attached hydrogens (primary N) is 1. The van der Waals surface area contributed by atoms with E-state index in [9.17, 15) is 29.1 Å². The van der Waals surface area contributed by atoms with Crippen molar-refractivity contribution in [3.8, 4) is 11.1 Å². The standard InChI is InChI=1S/C67H91N15O8S/c1-40(2)53(76-62(88)90-63(5,6)7)58(84)73-50(19-15-25-70-60(68)87)57(83)72-45-22-21-43(44(29-45)30-69-10)32-82(11,12)27-28-89-67-36-64(8)33-65(9,37-67)35-66(34-64,38-67)39-81-42(4)48(31-71-81)47-23-24-52(75-54(47)59(85)86)80-26-16-17-46-41(3)55(78-79-56(46)80)77-61-74-49-18-13-14-20-51(49)91-61/h13-14,18,20-24,29,31,40,50,53,69H,15-17,19,25-28,30,32-39H2,1-12H3,(H7-,68,70,72,73,74,76,77,78,83,84,85,86,87,88)/p+1/t50-,53-,64-,65+,66?,67?/m0/s1. The molecule has 91 heavy (non-hydrogen) atoms. The fourth-order valence-corrected chi connectivity index (χ4v) is 16.6. The van der Waals surface area contributed by atoms with Crippen LogP contribution in [0.15, 0.2) is 60.8 Å². The number of rotatable bonds is 25. The minimum Gasteiger partial charge on any atom is -0.476 e. The summed E-state index contributed by atoms with van der Waals surface area (Å²) in [7, 11) is 6.32. The molecule has 4 fully saturated rings. The summed E-state index contributed by atoms with van der Waals surface area (Å²) < 4.78 is 16.6. The van der Waals surface area contributed by atoms with E-state index in [1.54, 1.807) is 52.2 Å². The van der Waals surface area contributed by atoms with Gasteiger partial charge in [-0.1, -0.05) is 57.2 Å². The summed E-state index contributed by atoms with van der Waals surface area (Å²) in [5.74, 6) is -0.625. The number of hydrogen-bond acceptors (Lipinski definition) is 16. The minimum absolute atomic E-state index is 0.0415. The third-order valence-corrected chi connectivity index (χ3v) is 19.5. The molecule has 4 bridgehead atoms. The van der Waals surface area contributed by atoms with Crippen molar-refractivity contribution in [2.45, 2.75) is 169 Å². The minimum atomic E-state index is -1.12. The largest absolute Gasteiger partial charge is 0.476 e. The lowest BCUT2D eigenvalue weighted by Crippen LogP contribution is -2.64. The zero-order valence-electron chi connectivity index (χ0n) is 54.9. The monoisotopic (exact) mass is 1270 g/mol. The summed E-state index contributed by atoms with van der Waals surface area (Å²) in [4.78, 5) is 76.8. The number of ether oxygens (including phenoxy) is 2. The molecule has 0 radical (unpaired) electrons. The lowest BCUT2D eigenvalue weighted by atomic mass is 9.39. The average Bonchev–Trinajstić information content (AvgIpc) is 0.880. The molecular weight excluding hydrogens is 1170 g/mol. The normalized spacial score (nSPS) is 21.7. The number of aromatic carboxylic acids is 1. The number of carboxylic acid groups (broad SMARTS) is 1. The second-order valence-electron chi connectivity index (χ2n) is 28.9.